The summed E-state index contributed by atoms with van der Waals surface area (Å²) in [7, 11) is 0. The van der Waals surface area contributed by atoms with Crippen molar-refractivity contribution >= 4 is 46.3 Å². The minimum Gasteiger partial charge on any atom is -0.423 e. The molecule has 1 aliphatic heterocycles. The molecular formula is C24H14FN3O8S. The number of imide groups is 1. The van der Waals surface area contributed by atoms with Gasteiger partial charge in [-0.15, -0.1) is 0 Å². The van der Waals surface area contributed by atoms with Crippen molar-refractivity contribution in [3.63, 3.8) is 0 Å². The number of rotatable bonds is 7. The van der Waals surface area contributed by atoms with Gasteiger partial charge in [-0.25, -0.2) is 9.18 Å². The Morgan fingerprint density at radius 1 is 0.946 bits per heavy atom. The Balaban J connectivity index is 1.46. The monoisotopic (exact) mass is 523 g/mol. The molecule has 1 aliphatic rings. The Labute approximate surface area is 211 Å². The minimum atomic E-state index is -1.04. The third kappa shape index (κ3) is 5.85. The summed E-state index contributed by atoms with van der Waals surface area (Å²) in [4.78, 5) is 58.9. The van der Waals surface area contributed by atoms with Crippen LogP contribution in [-0.4, -0.2) is 31.9 Å². The van der Waals surface area contributed by atoms with Gasteiger partial charge in [0.1, 0.15) is 11.6 Å². The molecule has 13 heteroatoms. The Morgan fingerprint density at radius 2 is 1.54 bits per heavy atom. The molecule has 3 aromatic rings. The van der Waals surface area contributed by atoms with E-state index in [2.05, 4.69) is 0 Å². The number of hydrogen-bond acceptors (Lipinski definition) is 9. The first-order valence-corrected chi connectivity index (χ1v) is 11.2. The first-order chi connectivity index (χ1) is 17.6. The van der Waals surface area contributed by atoms with Gasteiger partial charge >= 0.3 is 5.97 Å². The van der Waals surface area contributed by atoms with E-state index in [1.165, 1.54) is 54.6 Å². The highest BCUT2D eigenvalue weighted by atomic mass is 32.2. The number of carbonyl (C=O) groups is 3. The highest BCUT2D eigenvalue weighted by Gasteiger charge is 2.35. The molecule has 0 aliphatic carbocycles. The predicted molar refractivity (Wildman–Crippen MR) is 129 cm³/mol. The molecule has 3 aromatic carbocycles. The topological polar surface area (TPSA) is 150 Å². The number of esters is 1. The summed E-state index contributed by atoms with van der Waals surface area (Å²) < 4.78 is 18.3. The van der Waals surface area contributed by atoms with Crippen molar-refractivity contribution < 1.29 is 33.4 Å². The van der Waals surface area contributed by atoms with Gasteiger partial charge in [0.15, 0.2) is 0 Å². The van der Waals surface area contributed by atoms with E-state index in [0.717, 1.165) is 34.9 Å². The van der Waals surface area contributed by atoms with E-state index >= 15 is 0 Å². The van der Waals surface area contributed by atoms with Crippen molar-refractivity contribution in [3.8, 4) is 5.75 Å². The van der Waals surface area contributed by atoms with Crippen LogP contribution in [0.5, 0.6) is 5.75 Å². The number of amides is 2. The standard InChI is InChI=1S/C24H14FN3O8S/c25-17-5-1-15(2-6-17)13-26-22(29)21(37-24(26)31)9-14-3-7-20(8-4-14)36-23(30)16-10-18(27(32)33)12-19(11-16)28(34)35/h1-12H,13H2/b21-9-. The van der Waals surface area contributed by atoms with Crippen LogP contribution in [0.4, 0.5) is 20.6 Å². The summed E-state index contributed by atoms with van der Waals surface area (Å²) >= 11 is 0.747. The molecule has 37 heavy (non-hydrogen) atoms. The summed E-state index contributed by atoms with van der Waals surface area (Å²) in [5.74, 6) is -1.94. The fourth-order valence-electron chi connectivity index (χ4n) is 3.28. The molecule has 11 nitrogen and oxygen atoms in total. The SMILES string of the molecule is O=C(Oc1ccc(/C=C2\SC(=O)N(Cc3ccc(F)cc3)C2=O)cc1)c1cc([N+](=O)[O-])cc([N+](=O)[O-])c1. The van der Waals surface area contributed by atoms with Gasteiger partial charge in [0.2, 0.25) is 0 Å². The van der Waals surface area contributed by atoms with Gasteiger partial charge in [-0.05, 0) is 53.2 Å². The van der Waals surface area contributed by atoms with Crippen molar-refractivity contribution in [2.24, 2.45) is 0 Å². The molecule has 2 amide bonds. The van der Waals surface area contributed by atoms with Crippen molar-refractivity contribution in [1.82, 2.24) is 4.90 Å². The molecule has 0 unspecified atom stereocenters. The Morgan fingerprint density at radius 3 is 2.11 bits per heavy atom. The van der Waals surface area contributed by atoms with E-state index in [1.807, 2.05) is 0 Å². The zero-order valence-electron chi connectivity index (χ0n) is 18.5. The second kappa shape index (κ2) is 10.4. The number of hydrogen-bond donors (Lipinski definition) is 0. The molecule has 1 saturated heterocycles. The molecule has 0 N–H and O–H groups in total. The lowest BCUT2D eigenvalue weighted by atomic mass is 10.1. The van der Waals surface area contributed by atoms with Gasteiger partial charge < -0.3 is 4.74 Å². The number of non-ortho nitro benzene ring substituents is 2. The lowest BCUT2D eigenvalue weighted by Gasteiger charge is -2.12. The minimum absolute atomic E-state index is 0.00696. The van der Waals surface area contributed by atoms with E-state index in [-0.39, 0.29) is 22.8 Å². The van der Waals surface area contributed by atoms with Gasteiger partial charge in [-0.1, -0.05) is 24.3 Å². The van der Waals surface area contributed by atoms with Crippen LogP contribution < -0.4 is 4.74 Å². The van der Waals surface area contributed by atoms with E-state index in [9.17, 15) is 39.0 Å². The molecule has 0 spiro atoms. The molecule has 0 saturated carbocycles. The zero-order valence-corrected chi connectivity index (χ0v) is 19.3. The maximum atomic E-state index is 13.1. The Kier molecular flexibility index (Phi) is 7.06. The zero-order chi connectivity index (χ0) is 26.7. The van der Waals surface area contributed by atoms with E-state index in [4.69, 9.17) is 4.74 Å². The number of carbonyl (C=O) groups excluding carboxylic acids is 3. The Bertz CT molecular complexity index is 1440. The highest BCUT2D eigenvalue weighted by molar-refractivity contribution is 8.18. The summed E-state index contributed by atoms with van der Waals surface area (Å²) in [5, 5.41) is 21.6. The van der Waals surface area contributed by atoms with Crippen molar-refractivity contribution in [3.05, 3.63) is 114 Å². The van der Waals surface area contributed by atoms with Crippen molar-refractivity contribution in [2.45, 2.75) is 6.54 Å². The summed E-state index contributed by atoms with van der Waals surface area (Å²) in [6.07, 6.45) is 1.48. The number of halogens is 1. The number of nitro groups is 2. The summed E-state index contributed by atoms with van der Waals surface area (Å²) in [5.41, 5.74) is -0.544. The highest BCUT2D eigenvalue weighted by Crippen LogP contribution is 2.33. The number of benzene rings is 3. The predicted octanol–water partition coefficient (Wildman–Crippen LogP) is 5.10. The average molecular weight is 523 g/mol. The van der Waals surface area contributed by atoms with Gasteiger partial charge in [-0.3, -0.25) is 34.7 Å². The first kappa shape index (κ1) is 25.2. The number of ether oxygens (including phenoxy) is 1. The van der Waals surface area contributed by atoms with Crippen LogP contribution in [-0.2, 0) is 11.3 Å². The molecule has 0 aromatic heterocycles. The van der Waals surface area contributed by atoms with Gasteiger partial charge in [0.05, 0.1) is 32.9 Å². The normalized spacial score (nSPS) is 14.2. The average Bonchev–Trinajstić information content (AvgIpc) is 3.13. The van der Waals surface area contributed by atoms with E-state index in [1.54, 1.807) is 0 Å². The Hall–Kier alpha value is -4.91. The second-order valence-electron chi connectivity index (χ2n) is 7.61. The van der Waals surface area contributed by atoms with E-state index in [0.29, 0.717) is 11.1 Å². The van der Waals surface area contributed by atoms with Crippen LogP contribution in [0.25, 0.3) is 6.08 Å². The van der Waals surface area contributed by atoms with Gasteiger partial charge in [0.25, 0.3) is 22.5 Å². The molecule has 4 rings (SSSR count). The number of nitro benzene ring substituents is 2. The van der Waals surface area contributed by atoms with Crippen LogP contribution in [0.3, 0.4) is 0 Å². The van der Waals surface area contributed by atoms with Crippen LogP contribution in [0.1, 0.15) is 21.5 Å². The smallest absolute Gasteiger partial charge is 0.344 e. The molecule has 0 bridgehead atoms. The summed E-state index contributed by atoms with van der Waals surface area (Å²) in [6, 6.07) is 13.7. The van der Waals surface area contributed by atoms with Gasteiger partial charge in [0, 0.05) is 12.1 Å². The lowest BCUT2D eigenvalue weighted by molar-refractivity contribution is -0.394. The quantitative estimate of drug-likeness (QED) is 0.135. The van der Waals surface area contributed by atoms with Crippen LogP contribution in [0.15, 0.2) is 71.6 Å². The third-order valence-corrected chi connectivity index (χ3v) is 5.98. The number of nitrogens with zero attached hydrogens (tertiary/aromatic N) is 3. The second-order valence-corrected chi connectivity index (χ2v) is 8.60. The molecule has 0 atom stereocenters. The van der Waals surface area contributed by atoms with Crippen LogP contribution in [0, 0.1) is 26.0 Å². The molecular weight excluding hydrogens is 509 g/mol. The van der Waals surface area contributed by atoms with E-state index < -0.39 is 44.2 Å². The largest absolute Gasteiger partial charge is 0.423 e. The number of thioether (sulfide) groups is 1. The lowest BCUT2D eigenvalue weighted by Crippen LogP contribution is -2.27. The summed E-state index contributed by atoms with van der Waals surface area (Å²) in [6.45, 7) is -0.00696. The van der Waals surface area contributed by atoms with Crippen molar-refractivity contribution in [1.29, 1.82) is 0 Å². The first-order valence-electron chi connectivity index (χ1n) is 10.4. The maximum absolute atomic E-state index is 13.1. The molecule has 1 heterocycles. The van der Waals surface area contributed by atoms with Crippen molar-refractivity contribution in [2.75, 3.05) is 0 Å². The molecule has 1 fully saturated rings. The third-order valence-electron chi connectivity index (χ3n) is 5.08. The molecule has 0 radical (unpaired) electrons. The van der Waals surface area contributed by atoms with Crippen LogP contribution >= 0.6 is 11.8 Å². The fraction of sp³-hybridized carbons (Fsp3) is 0.0417. The van der Waals surface area contributed by atoms with Crippen LogP contribution in [0.2, 0.25) is 0 Å². The van der Waals surface area contributed by atoms with Gasteiger partial charge in [-0.2, -0.15) is 0 Å². The molecule has 186 valence electrons. The fourth-order valence-corrected chi connectivity index (χ4v) is 4.12. The maximum Gasteiger partial charge on any atom is 0.344 e.